The highest BCUT2D eigenvalue weighted by Crippen LogP contribution is 2.37. The molecule has 1 N–H and O–H groups in total. The molecule has 1 amide bonds. The van der Waals surface area contributed by atoms with Crippen molar-refractivity contribution in [1.82, 2.24) is 10.2 Å². The fourth-order valence-corrected chi connectivity index (χ4v) is 4.03. The first kappa shape index (κ1) is 16.1. The predicted molar refractivity (Wildman–Crippen MR) is 99.0 cm³/mol. The van der Waals surface area contributed by atoms with Crippen LogP contribution in [0, 0.1) is 5.92 Å². The third-order valence-electron chi connectivity index (χ3n) is 5.33. The summed E-state index contributed by atoms with van der Waals surface area (Å²) in [6.45, 7) is 2.19. The third-order valence-corrected chi connectivity index (χ3v) is 5.33. The summed E-state index contributed by atoms with van der Waals surface area (Å²) in [6.07, 6.45) is 6.52. The Balaban J connectivity index is 1.48. The first-order chi connectivity index (χ1) is 12.2. The van der Waals surface area contributed by atoms with Crippen LogP contribution in [-0.4, -0.2) is 22.1 Å². The molecule has 1 atom stereocenters. The van der Waals surface area contributed by atoms with Gasteiger partial charge in [-0.05, 0) is 49.9 Å². The smallest absolute Gasteiger partial charge is 0.228 e. The van der Waals surface area contributed by atoms with Crippen LogP contribution in [0.1, 0.15) is 44.6 Å². The summed E-state index contributed by atoms with van der Waals surface area (Å²) in [6, 6.07) is 12.6. The molecule has 130 valence electrons. The van der Waals surface area contributed by atoms with Crippen molar-refractivity contribution < 1.29 is 4.79 Å². The van der Waals surface area contributed by atoms with Gasteiger partial charge >= 0.3 is 0 Å². The van der Waals surface area contributed by atoms with Crippen LogP contribution < -0.4 is 10.2 Å². The summed E-state index contributed by atoms with van der Waals surface area (Å²) >= 11 is 0. The summed E-state index contributed by atoms with van der Waals surface area (Å²) in [5, 5.41) is 11.5. The van der Waals surface area contributed by atoms with Crippen LogP contribution in [0.15, 0.2) is 36.4 Å². The minimum atomic E-state index is 0.0848. The van der Waals surface area contributed by atoms with Crippen LogP contribution in [0.5, 0.6) is 0 Å². The van der Waals surface area contributed by atoms with Crippen molar-refractivity contribution in [3.63, 3.8) is 0 Å². The molecule has 1 aromatic heterocycles. The van der Waals surface area contributed by atoms with Gasteiger partial charge in [-0.2, -0.15) is 0 Å². The summed E-state index contributed by atoms with van der Waals surface area (Å²) in [7, 11) is 0. The maximum absolute atomic E-state index is 12.3. The van der Waals surface area contributed by atoms with Gasteiger partial charge in [-0.15, -0.1) is 10.2 Å². The SMILES string of the molecule is CC1Cc2ccccc2N1c1ccc(NC(=O)C2CCCCC2)nn1. The third kappa shape index (κ3) is 3.23. The number of anilines is 3. The van der Waals surface area contributed by atoms with E-state index in [2.05, 4.69) is 51.6 Å². The number of nitrogens with zero attached hydrogens (tertiary/aromatic N) is 3. The molecule has 1 aliphatic heterocycles. The second-order valence-corrected chi connectivity index (χ2v) is 7.15. The molecule has 0 saturated heterocycles. The molecule has 4 rings (SSSR count). The zero-order chi connectivity index (χ0) is 17.2. The minimum absolute atomic E-state index is 0.0848. The topological polar surface area (TPSA) is 58.1 Å². The van der Waals surface area contributed by atoms with Crippen LogP contribution in [0.25, 0.3) is 0 Å². The molecule has 0 spiro atoms. The summed E-state index contributed by atoms with van der Waals surface area (Å²) in [5.74, 6) is 1.58. The van der Waals surface area contributed by atoms with Crippen LogP contribution >= 0.6 is 0 Å². The highest BCUT2D eigenvalue weighted by Gasteiger charge is 2.28. The number of carbonyl (C=O) groups is 1. The Bertz CT molecular complexity index is 753. The molecule has 5 heteroatoms. The average molecular weight is 336 g/mol. The molecular weight excluding hydrogens is 312 g/mol. The number of aromatic nitrogens is 2. The Morgan fingerprint density at radius 1 is 1.08 bits per heavy atom. The standard InChI is InChI=1S/C20H24N4O/c1-14-13-16-9-5-6-10-17(16)24(14)19-12-11-18(22-23-19)21-20(25)15-7-3-2-4-8-15/h5-6,9-12,14-15H,2-4,7-8,13H2,1H3,(H,21,22,25). The van der Waals surface area contributed by atoms with Crippen LogP contribution in [0.2, 0.25) is 0 Å². The van der Waals surface area contributed by atoms with Crippen molar-refractivity contribution in [3.05, 3.63) is 42.0 Å². The van der Waals surface area contributed by atoms with Gasteiger partial charge in [0.15, 0.2) is 11.6 Å². The van der Waals surface area contributed by atoms with E-state index in [0.717, 1.165) is 37.9 Å². The lowest BCUT2D eigenvalue weighted by Gasteiger charge is -2.23. The molecule has 1 saturated carbocycles. The lowest BCUT2D eigenvalue weighted by molar-refractivity contribution is -0.120. The van der Waals surface area contributed by atoms with E-state index in [0.29, 0.717) is 11.9 Å². The number of carbonyl (C=O) groups excluding carboxylic acids is 1. The molecule has 1 unspecified atom stereocenters. The van der Waals surface area contributed by atoms with Gasteiger partial charge in [-0.25, -0.2) is 0 Å². The Kier molecular flexibility index (Phi) is 4.38. The zero-order valence-electron chi connectivity index (χ0n) is 14.6. The van der Waals surface area contributed by atoms with Gasteiger partial charge in [0.05, 0.1) is 0 Å². The van der Waals surface area contributed by atoms with Gasteiger partial charge in [0.2, 0.25) is 5.91 Å². The van der Waals surface area contributed by atoms with Crippen molar-refractivity contribution in [2.24, 2.45) is 5.92 Å². The minimum Gasteiger partial charge on any atom is -0.321 e. The summed E-state index contributed by atoms with van der Waals surface area (Å²) in [4.78, 5) is 14.6. The normalized spacial score (nSPS) is 20.4. The highest BCUT2D eigenvalue weighted by molar-refractivity contribution is 5.91. The molecule has 1 fully saturated rings. The van der Waals surface area contributed by atoms with Crippen LogP contribution in [-0.2, 0) is 11.2 Å². The molecule has 0 radical (unpaired) electrons. The van der Waals surface area contributed by atoms with E-state index in [9.17, 15) is 4.79 Å². The molecule has 2 heterocycles. The lowest BCUT2D eigenvalue weighted by atomic mass is 9.89. The first-order valence-corrected chi connectivity index (χ1v) is 9.24. The highest BCUT2D eigenvalue weighted by atomic mass is 16.1. The maximum atomic E-state index is 12.3. The van der Waals surface area contributed by atoms with E-state index in [1.54, 1.807) is 0 Å². The second-order valence-electron chi connectivity index (χ2n) is 7.15. The van der Waals surface area contributed by atoms with Crippen molar-refractivity contribution in [1.29, 1.82) is 0 Å². The number of benzene rings is 1. The van der Waals surface area contributed by atoms with Gasteiger partial charge in [0.25, 0.3) is 0 Å². The van der Waals surface area contributed by atoms with Gasteiger partial charge in [0.1, 0.15) is 0 Å². The molecule has 25 heavy (non-hydrogen) atoms. The molecule has 1 aromatic carbocycles. The number of nitrogens with one attached hydrogen (secondary N) is 1. The lowest BCUT2D eigenvalue weighted by Crippen LogP contribution is -2.26. The number of hydrogen-bond acceptors (Lipinski definition) is 4. The maximum Gasteiger partial charge on any atom is 0.228 e. The fraction of sp³-hybridized carbons (Fsp3) is 0.450. The largest absolute Gasteiger partial charge is 0.321 e. The second kappa shape index (κ2) is 6.82. The Hall–Kier alpha value is -2.43. The molecule has 2 aromatic rings. The summed E-state index contributed by atoms with van der Waals surface area (Å²) < 4.78 is 0. The Morgan fingerprint density at radius 3 is 2.64 bits per heavy atom. The number of amides is 1. The average Bonchev–Trinajstić information content (AvgIpc) is 2.99. The summed E-state index contributed by atoms with van der Waals surface area (Å²) in [5.41, 5.74) is 2.54. The van der Waals surface area contributed by atoms with Gasteiger partial charge in [-0.3, -0.25) is 4.79 Å². The number of hydrogen-bond donors (Lipinski definition) is 1. The van der Waals surface area contributed by atoms with E-state index in [-0.39, 0.29) is 11.8 Å². The Labute approximate surface area is 148 Å². The monoisotopic (exact) mass is 336 g/mol. The number of para-hydroxylation sites is 1. The first-order valence-electron chi connectivity index (χ1n) is 9.24. The Morgan fingerprint density at radius 2 is 1.88 bits per heavy atom. The molecule has 0 bridgehead atoms. The van der Waals surface area contributed by atoms with Gasteiger partial charge in [-0.1, -0.05) is 37.5 Å². The van der Waals surface area contributed by atoms with Crippen LogP contribution in [0.3, 0.4) is 0 Å². The van der Waals surface area contributed by atoms with Crippen molar-refractivity contribution >= 4 is 23.2 Å². The van der Waals surface area contributed by atoms with Crippen molar-refractivity contribution in [2.75, 3.05) is 10.2 Å². The fourth-order valence-electron chi connectivity index (χ4n) is 4.03. The quantitative estimate of drug-likeness (QED) is 0.917. The van der Waals surface area contributed by atoms with Gasteiger partial charge in [0, 0.05) is 17.6 Å². The van der Waals surface area contributed by atoms with E-state index in [1.165, 1.54) is 17.7 Å². The number of rotatable bonds is 3. The van der Waals surface area contributed by atoms with Crippen molar-refractivity contribution in [3.8, 4) is 0 Å². The molecule has 5 nitrogen and oxygen atoms in total. The van der Waals surface area contributed by atoms with Crippen molar-refractivity contribution in [2.45, 2.75) is 51.5 Å². The van der Waals surface area contributed by atoms with Crippen LogP contribution in [0.4, 0.5) is 17.3 Å². The molecule has 1 aliphatic carbocycles. The van der Waals surface area contributed by atoms with E-state index < -0.39 is 0 Å². The molecule has 2 aliphatic rings. The predicted octanol–water partition coefficient (Wildman–Crippen LogP) is 4.08. The van der Waals surface area contributed by atoms with E-state index in [1.807, 2.05) is 12.1 Å². The number of fused-ring (bicyclic) bond motifs is 1. The molecular formula is C20H24N4O. The van der Waals surface area contributed by atoms with Gasteiger partial charge < -0.3 is 10.2 Å². The van der Waals surface area contributed by atoms with E-state index >= 15 is 0 Å². The zero-order valence-corrected chi connectivity index (χ0v) is 14.6. The van der Waals surface area contributed by atoms with E-state index in [4.69, 9.17) is 0 Å².